The maximum absolute atomic E-state index is 13.8. The molecule has 3 rings (SSSR count). The summed E-state index contributed by atoms with van der Waals surface area (Å²) in [5.74, 6) is -1.19. The fourth-order valence-corrected chi connectivity index (χ4v) is 3.23. The molecular weight excluding hydrogens is 345 g/mol. The standard InChI is InChI=1S/C21H24FN3O2/c1-13-8-9-16(21(27)25-11-10-23-14(2)15(25)3)12-19(13)24-20(26)17-6-4-5-7-18(17)22/h4-9,12,14-15,23H,10-11H2,1-3H3,(H,24,26). The Hall–Kier alpha value is -2.73. The molecule has 2 atom stereocenters. The summed E-state index contributed by atoms with van der Waals surface area (Å²) in [6.45, 7) is 7.29. The Labute approximate surface area is 158 Å². The molecule has 1 aliphatic heterocycles. The first-order valence-electron chi connectivity index (χ1n) is 9.09. The lowest BCUT2D eigenvalue weighted by atomic mass is 10.0. The fraction of sp³-hybridized carbons (Fsp3) is 0.333. The smallest absolute Gasteiger partial charge is 0.258 e. The van der Waals surface area contributed by atoms with E-state index in [0.29, 0.717) is 17.8 Å². The molecule has 0 spiro atoms. The molecule has 0 aromatic heterocycles. The van der Waals surface area contributed by atoms with Crippen LogP contribution in [0.2, 0.25) is 0 Å². The first kappa shape index (κ1) is 19.0. The van der Waals surface area contributed by atoms with Crippen molar-refractivity contribution >= 4 is 17.5 Å². The molecule has 1 heterocycles. The maximum atomic E-state index is 13.8. The van der Waals surface area contributed by atoms with E-state index in [1.54, 1.807) is 24.3 Å². The Morgan fingerprint density at radius 2 is 1.93 bits per heavy atom. The largest absolute Gasteiger partial charge is 0.333 e. The predicted molar refractivity (Wildman–Crippen MR) is 103 cm³/mol. The summed E-state index contributed by atoms with van der Waals surface area (Å²) in [6.07, 6.45) is 0. The molecule has 5 nitrogen and oxygen atoms in total. The summed E-state index contributed by atoms with van der Waals surface area (Å²) in [5, 5.41) is 6.08. The van der Waals surface area contributed by atoms with Crippen molar-refractivity contribution in [3.05, 3.63) is 65.0 Å². The average Bonchev–Trinajstić information content (AvgIpc) is 2.65. The molecular formula is C21H24FN3O2. The number of carbonyl (C=O) groups excluding carboxylic acids is 2. The van der Waals surface area contributed by atoms with Crippen LogP contribution in [-0.2, 0) is 0 Å². The molecule has 2 N–H and O–H groups in total. The second kappa shape index (κ2) is 7.88. The minimum Gasteiger partial charge on any atom is -0.333 e. The minimum atomic E-state index is -0.580. The minimum absolute atomic E-state index is 0.0295. The number of amides is 2. The van der Waals surface area contributed by atoms with Crippen molar-refractivity contribution in [1.82, 2.24) is 10.2 Å². The van der Waals surface area contributed by atoms with Gasteiger partial charge in [0.15, 0.2) is 0 Å². The van der Waals surface area contributed by atoms with E-state index in [-0.39, 0.29) is 23.6 Å². The van der Waals surface area contributed by atoms with Crippen LogP contribution in [-0.4, -0.2) is 41.9 Å². The lowest BCUT2D eigenvalue weighted by Crippen LogP contribution is -2.57. The number of anilines is 1. The second-order valence-corrected chi connectivity index (χ2v) is 6.95. The van der Waals surface area contributed by atoms with Crippen LogP contribution in [0.4, 0.5) is 10.1 Å². The van der Waals surface area contributed by atoms with Gasteiger partial charge in [-0.1, -0.05) is 18.2 Å². The topological polar surface area (TPSA) is 61.4 Å². The van der Waals surface area contributed by atoms with Crippen LogP contribution in [0.3, 0.4) is 0 Å². The van der Waals surface area contributed by atoms with Crippen molar-refractivity contribution in [2.75, 3.05) is 18.4 Å². The van der Waals surface area contributed by atoms with Gasteiger partial charge in [-0.15, -0.1) is 0 Å². The first-order valence-corrected chi connectivity index (χ1v) is 9.09. The highest BCUT2D eigenvalue weighted by atomic mass is 19.1. The van der Waals surface area contributed by atoms with Crippen molar-refractivity contribution in [2.45, 2.75) is 32.9 Å². The molecule has 0 aliphatic carbocycles. The third kappa shape index (κ3) is 4.01. The number of halogens is 1. The monoisotopic (exact) mass is 369 g/mol. The SMILES string of the molecule is Cc1ccc(C(=O)N2CCNC(C)C2C)cc1NC(=O)c1ccccc1F. The number of hydrogen-bond donors (Lipinski definition) is 2. The Morgan fingerprint density at radius 3 is 2.67 bits per heavy atom. The van der Waals surface area contributed by atoms with E-state index in [0.717, 1.165) is 12.1 Å². The van der Waals surface area contributed by atoms with E-state index in [9.17, 15) is 14.0 Å². The number of piperazine rings is 1. The number of hydrogen-bond acceptors (Lipinski definition) is 3. The highest BCUT2D eigenvalue weighted by Crippen LogP contribution is 2.21. The third-order valence-corrected chi connectivity index (χ3v) is 5.15. The highest BCUT2D eigenvalue weighted by molar-refractivity contribution is 6.05. The molecule has 1 fully saturated rings. The van der Waals surface area contributed by atoms with Crippen LogP contribution >= 0.6 is 0 Å². The Morgan fingerprint density at radius 1 is 1.19 bits per heavy atom. The quantitative estimate of drug-likeness (QED) is 0.873. The van der Waals surface area contributed by atoms with Crippen LogP contribution < -0.4 is 10.6 Å². The van der Waals surface area contributed by atoms with E-state index >= 15 is 0 Å². The van der Waals surface area contributed by atoms with Crippen molar-refractivity contribution in [3.63, 3.8) is 0 Å². The zero-order valence-electron chi connectivity index (χ0n) is 15.8. The predicted octanol–water partition coefficient (Wildman–Crippen LogP) is 3.21. The summed E-state index contributed by atoms with van der Waals surface area (Å²) >= 11 is 0. The summed E-state index contributed by atoms with van der Waals surface area (Å²) < 4.78 is 13.8. The lowest BCUT2D eigenvalue weighted by Gasteiger charge is -2.38. The lowest BCUT2D eigenvalue weighted by molar-refractivity contribution is 0.0603. The molecule has 0 radical (unpaired) electrons. The van der Waals surface area contributed by atoms with Gasteiger partial charge in [-0.3, -0.25) is 9.59 Å². The summed E-state index contributed by atoms with van der Waals surface area (Å²) in [4.78, 5) is 27.2. The molecule has 2 aromatic rings. The van der Waals surface area contributed by atoms with Crippen LogP contribution in [0.25, 0.3) is 0 Å². The van der Waals surface area contributed by atoms with Gasteiger partial charge in [0.1, 0.15) is 5.82 Å². The number of nitrogens with zero attached hydrogens (tertiary/aromatic N) is 1. The maximum Gasteiger partial charge on any atom is 0.258 e. The van der Waals surface area contributed by atoms with Crippen LogP contribution in [0.15, 0.2) is 42.5 Å². The number of aryl methyl sites for hydroxylation is 1. The molecule has 142 valence electrons. The Bertz CT molecular complexity index is 868. The van der Waals surface area contributed by atoms with E-state index in [2.05, 4.69) is 17.6 Å². The molecule has 6 heteroatoms. The van der Waals surface area contributed by atoms with Gasteiger partial charge in [0, 0.05) is 36.4 Å². The number of carbonyl (C=O) groups is 2. The number of benzene rings is 2. The van der Waals surface area contributed by atoms with Crippen molar-refractivity contribution in [3.8, 4) is 0 Å². The molecule has 2 aromatic carbocycles. The normalized spacial score (nSPS) is 19.6. The number of nitrogens with one attached hydrogen (secondary N) is 2. The van der Waals surface area contributed by atoms with Gasteiger partial charge in [0.2, 0.25) is 0 Å². The molecule has 27 heavy (non-hydrogen) atoms. The summed E-state index contributed by atoms with van der Waals surface area (Å²) in [5.41, 5.74) is 1.78. The fourth-order valence-electron chi connectivity index (χ4n) is 3.23. The van der Waals surface area contributed by atoms with Gasteiger partial charge in [0.05, 0.1) is 5.56 Å². The molecule has 2 unspecified atom stereocenters. The summed E-state index contributed by atoms with van der Waals surface area (Å²) in [6, 6.07) is 11.3. The zero-order chi connectivity index (χ0) is 19.6. The van der Waals surface area contributed by atoms with E-state index in [1.165, 1.54) is 18.2 Å². The van der Waals surface area contributed by atoms with Gasteiger partial charge in [0.25, 0.3) is 11.8 Å². The van der Waals surface area contributed by atoms with Gasteiger partial charge in [-0.25, -0.2) is 4.39 Å². The van der Waals surface area contributed by atoms with Crippen LogP contribution in [0, 0.1) is 12.7 Å². The first-order chi connectivity index (χ1) is 12.9. The van der Waals surface area contributed by atoms with Gasteiger partial charge in [-0.05, 0) is 50.6 Å². The highest BCUT2D eigenvalue weighted by Gasteiger charge is 2.29. The van der Waals surface area contributed by atoms with Crippen molar-refractivity contribution in [2.24, 2.45) is 0 Å². The van der Waals surface area contributed by atoms with E-state index in [1.807, 2.05) is 18.7 Å². The molecule has 1 aliphatic rings. The van der Waals surface area contributed by atoms with Crippen LogP contribution in [0.1, 0.15) is 40.1 Å². The van der Waals surface area contributed by atoms with Crippen LogP contribution in [0.5, 0.6) is 0 Å². The Balaban J connectivity index is 1.83. The van der Waals surface area contributed by atoms with Crippen molar-refractivity contribution in [1.29, 1.82) is 0 Å². The summed E-state index contributed by atoms with van der Waals surface area (Å²) in [7, 11) is 0. The molecule has 0 saturated carbocycles. The van der Waals surface area contributed by atoms with Crippen molar-refractivity contribution < 1.29 is 14.0 Å². The Kier molecular flexibility index (Phi) is 5.56. The molecule has 2 amide bonds. The second-order valence-electron chi connectivity index (χ2n) is 6.95. The molecule has 0 bridgehead atoms. The van der Waals surface area contributed by atoms with Gasteiger partial charge >= 0.3 is 0 Å². The van der Waals surface area contributed by atoms with Gasteiger partial charge in [-0.2, -0.15) is 0 Å². The average molecular weight is 369 g/mol. The number of rotatable bonds is 3. The molecule has 1 saturated heterocycles. The van der Waals surface area contributed by atoms with Gasteiger partial charge < -0.3 is 15.5 Å². The van der Waals surface area contributed by atoms with E-state index in [4.69, 9.17) is 0 Å². The third-order valence-electron chi connectivity index (χ3n) is 5.15. The zero-order valence-corrected chi connectivity index (χ0v) is 15.8. The van der Waals surface area contributed by atoms with E-state index < -0.39 is 11.7 Å².